The van der Waals surface area contributed by atoms with Crippen LogP contribution in [0.2, 0.25) is 0 Å². The Morgan fingerprint density at radius 1 is 1.15 bits per heavy atom. The van der Waals surface area contributed by atoms with Gasteiger partial charge in [-0.1, -0.05) is 24.6 Å². The molecule has 2 aliphatic carbocycles. The molecule has 2 atom stereocenters. The highest BCUT2D eigenvalue weighted by molar-refractivity contribution is 5.93. The van der Waals surface area contributed by atoms with E-state index in [9.17, 15) is 4.79 Å². The largest absolute Gasteiger partial charge is 0.327 e. The molecule has 146 valence electrons. The van der Waals surface area contributed by atoms with Crippen LogP contribution in [-0.4, -0.2) is 21.7 Å². The van der Waals surface area contributed by atoms with Crippen molar-refractivity contribution in [2.75, 3.05) is 5.32 Å². The van der Waals surface area contributed by atoms with Crippen molar-refractivity contribution >= 4 is 24.0 Å². The maximum absolute atomic E-state index is 13.0. The van der Waals surface area contributed by atoms with Crippen LogP contribution in [0.15, 0.2) is 30.3 Å². The monoisotopic (exact) mass is 388 g/mol. The van der Waals surface area contributed by atoms with Crippen molar-refractivity contribution in [1.82, 2.24) is 9.78 Å². The molecule has 2 aromatic rings. The molecule has 5 nitrogen and oxygen atoms in total. The van der Waals surface area contributed by atoms with E-state index < -0.39 is 0 Å². The minimum absolute atomic E-state index is 0. The van der Waals surface area contributed by atoms with Crippen molar-refractivity contribution in [3.05, 3.63) is 41.7 Å². The van der Waals surface area contributed by atoms with Crippen molar-refractivity contribution in [3.8, 4) is 5.69 Å². The molecule has 2 saturated carbocycles. The van der Waals surface area contributed by atoms with Gasteiger partial charge < -0.3 is 11.1 Å². The Bertz CT molecular complexity index is 790. The van der Waals surface area contributed by atoms with Crippen LogP contribution in [0, 0.1) is 31.6 Å². The van der Waals surface area contributed by atoms with Gasteiger partial charge in [-0.25, -0.2) is 4.68 Å². The van der Waals surface area contributed by atoms with Crippen molar-refractivity contribution in [3.63, 3.8) is 0 Å². The zero-order chi connectivity index (χ0) is 18.3. The van der Waals surface area contributed by atoms with E-state index in [1.165, 1.54) is 19.3 Å². The molecule has 0 radical (unpaired) electrons. The minimum Gasteiger partial charge on any atom is -0.327 e. The summed E-state index contributed by atoms with van der Waals surface area (Å²) in [6.45, 7) is 3.96. The normalized spacial score (nSPS) is 26.9. The minimum atomic E-state index is 0. The summed E-state index contributed by atoms with van der Waals surface area (Å²) in [7, 11) is 0. The summed E-state index contributed by atoms with van der Waals surface area (Å²) >= 11 is 0. The number of carbonyl (C=O) groups is 1. The molecular weight excluding hydrogens is 360 g/mol. The van der Waals surface area contributed by atoms with Gasteiger partial charge in [0.1, 0.15) is 0 Å². The number of rotatable bonds is 3. The second kappa shape index (κ2) is 8.03. The third-order valence-electron chi connectivity index (χ3n) is 6.32. The lowest BCUT2D eigenvalue weighted by atomic mass is 9.65. The van der Waals surface area contributed by atoms with Crippen LogP contribution in [0.1, 0.15) is 43.5 Å². The Morgan fingerprint density at radius 2 is 1.78 bits per heavy atom. The van der Waals surface area contributed by atoms with E-state index in [2.05, 4.69) is 10.4 Å². The Balaban J connectivity index is 0.00000210. The first-order valence-electron chi connectivity index (χ1n) is 9.72. The van der Waals surface area contributed by atoms with Crippen LogP contribution >= 0.6 is 12.4 Å². The third-order valence-corrected chi connectivity index (χ3v) is 6.32. The molecule has 1 aromatic heterocycles. The number of nitrogens with one attached hydrogen (secondary N) is 1. The van der Waals surface area contributed by atoms with Crippen LogP contribution in [0.25, 0.3) is 5.69 Å². The first kappa shape index (κ1) is 19.9. The van der Waals surface area contributed by atoms with Crippen LogP contribution < -0.4 is 11.1 Å². The number of amides is 1. The summed E-state index contributed by atoms with van der Waals surface area (Å²) in [6, 6.07) is 10.3. The van der Waals surface area contributed by atoms with Crippen LogP contribution in [0.4, 0.5) is 5.69 Å². The SMILES string of the molecule is Cc1nn(-c2ccccc2)c(C)c1NC(=O)C1CC2CCCC(C1)C2N.Cl. The second-order valence-corrected chi connectivity index (χ2v) is 7.98. The van der Waals surface area contributed by atoms with E-state index in [0.29, 0.717) is 11.8 Å². The van der Waals surface area contributed by atoms with Gasteiger partial charge in [0.05, 0.1) is 22.8 Å². The lowest BCUT2D eigenvalue weighted by molar-refractivity contribution is -0.122. The highest BCUT2D eigenvalue weighted by Crippen LogP contribution is 2.42. The van der Waals surface area contributed by atoms with Crippen LogP contribution in [0.3, 0.4) is 0 Å². The standard InChI is InChI=1S/C21H28N4O.ClH/c1-13-20(14(2)25(24-13)18-9-4-3-5-10-18)23-21(26)17-11-15-7-6-8-16(12-17)19(15)22;/h3-5,9-10,15-17,19H,6-8,11-12,22H2,1-2H3,(H,23,26);1H. The molecule has 2 fully saturated rings. The summed E-state index contributed by atoms with van der Waals surface area (Å²) in [5.41, 5.74) is 10.0. The topological polar surface area (TPSA) is 72.9 Å². The molecule has 1 heterocycles. The average molecular weight is 389 g/mol. The number of para-hydroxylation sites is 1. The number of hydrogen-bond acceptors (Lipinski definition) is 3. The predicted octanol–water partition coefficient (Wildman–Crippen LogP) is 4.00. The first-order valence-corrected chi connectivity index (χ1v) is 9.72. The number of benzene rings is 1. The summed E-state index contributed by atoms with van der Waals surface area (Å²) in [6.07, 6.45) is 5.46. The lowest BCUT2D eigenvalue weighted by Gasteiger charge is -2.43. The van der Waals surface area contributed by atoms with E-state index in [1.54, 1.807) is 0 Å². The fraction of sp³-hybridized carbons (Fsp3) is 0.524. The highest BCUT2D eigenvalue weighted by atomic mass is 35.5. The smallest absolute Gasteiger partial charge is 0.227 e. The van der Waals surface area contributed by atoms with Gasteiger partial charge in [-0.2, -0.15) is 5.10 Å². The van der Waals surface area contributed by atoms with E-state index in [1.807, 2.05) is 48.9 Å². The molecule has 6 heteroatoms. The molecule has 2 bridgehead atoms. The van der Waals surface area contributed by atoms with Gasteiger partial charge in [0.2, 0.25) is 5.91 Å². The molecule has 4 rings (SSSR count). The number of carbonyl (C=O) groups excluding carboxylic acids is 1. The maximum Gasteiger partial charge on any atom is 0.227 e. The van der Waals surface area contributed by atoms with Gasteiger partial charge in [-0.3, -0.25) is 4.79 Å². The van der Waals surface area contributed by atoms with Gasteiger partial charge in [0, 0.05) is 12.0 Å². The summed E-state index contributed by atoms with van der Waals surface area (Å²) < 4.78 is 1.90. The van der Waals surface area contributed by atoms with Gasteiger partial charge in [-0.05, 0) is 63.5 Å². The van der Waals surface area contributed by atoms with Crippen LogP contribution in [0.5, 0.6) is 0 Å². The third kappa shape index (κ3) is 3.76. The number of aromatic nitrogens is 2. The summed E-state index contributed by atoms with van der Waals surface area (Å²) in [5.74, 6) is 1.22. The van der Waals surface area contributed by atoms with Crippen molar-refractivity contribution in [1.29, 1.82) is 0 Å². The molecule has 0 saturated heterocycles. The number of anilines is 1. The molecule has 27 heavy (non-hydrogen) atoms. The second-order valence-electron chi connectivity index (χ2n) is 7.98. The lowest BCUT2D eigenvalue weighted by Crippen LogP contribution is -2.48. The van der Waals surface area contributed by atoms with Gasteiger partial charge in [-0.15, -0.1) is 12.4 Å². The Labute approximate surface area is 167 Å². The van der Waals surface area contributed by atoms with Gasteiger partial charge in [0.25, 0.3) is 0 Å². The van der Waals surface area contributed by atoms with E-state index in [-0.39, 0.29) is 30.3 Å². The average Bonchev–Trinajstić information content (AvgIpc) is 2.90. The molecular formula is C21H29ClN4O. The predicted molar refractivity (Wildman–Crippen MR) is 110 cm³/mol. The Hall–Kier alpha value is -1.85. The zero-order valence-electron chi connectivity index (χ0n) is 16.0. The number of hydrogen-bond donors (Lipinski definition) is 2. The molecule has 2 aliphatic rings. The summed E-state index contributed by atoms with van der Waals surface area (Å²) in [5, 5.41) is 7.81. The fourth-order valence-corrected chi connectivity index (χ4v) is 4.87. The van der Waals surface area contributed by atoms with Gasteiger partial charge >= 0.3 is 0 Å². The van der Waals surface area contributed by atoms with Crippen LogP contribution in [-0.2, 0) is 4.79 Å². The first-order chi connectivity index (χ1) is 12.5. The molecule has 0 spiro atoms. The number of halogens is 1. The van der Waals surface area contributed by atoms with Crippen molar-refractivity contribution in [2.24, 2.45) is 23.5 Å². The number of nitrogens with two attached hydrogens (primary N) is 1. The van der Waals surface area contributed by atoms with Gasteiger partial charge in [0.15, 0.2) is 0 Å². The zero-order valence-corrected chi connectivity index (χ0v) is 16.8. The van der Waals surface area contributed by atoms with E-state index in [4.69, 9.17) is 5.73 Å². The molecule has 2 unspecified atom stereocenters. The highest BCUT2D eigenvalue weighted by Gasteiger charge is 2.40. The maximum atomic E-state index is 13.0. The fourth-order valence-electron chi connectivity index (χ4n) is 4.87. The Kier molecular flexibility index (Phi) is 5.92. The molecule has 3 N–H and O–H groups in total. The quantitative estimate of drug-likeness (QED) is 0.834. The Morgan fingerprint density at radius 3 is 2.41 bits per heavy atom. The number of fused-ring (bicyclic) bond motifs is 2. The number of aryl methyl sites for hydroxylation is 1. The van der Waals surface area contributed by atoms with Crippen molar-refractivity contribution < 1.29 is 4.79 Å². The molecule has 1 aromatic carbocycles. The van der Waals surface area contributed by atoms with E-state index in [0.717, 1.165) is 35.6 Å². The molecule has 1 amide bonds. The molecule has 0 aliphatic heterocycles. The summed E-state index contributed by atoms with van der Waals surface area (Å²) in [4.78, 5) is 13.0. The van der Waals surface area contributed by atoms with E-state index >= 15 is 0 Å². The van der Waals surface area contributed by atoms with Crippen molar-refractivity contribution in [2.45, 2.75) is 52.0 Å². The number of nitrogens with zero attached hydrogens (tertiary/aromatic N) is 2.